The highest BCUT2D eigenvalue weighted by molar-refractivity contribution is 7.96. The van der Waals surface area contributed by atoms with Crippen LogP contribution >= 0.6 is 7.36 Å². The third-order valence-electron chi connectivity index (χ3n) is 2.34. The molecule has 0 N–H and O–H groups in total. The maximum Gasteiger partial charge on any atom is 0.0612 e. The largest absolute Gasteiger partial charge is 0.0622 e. The molecule has 15 heavy (non-hydrogen) atoms. The number of hydrogen-bond donors (Lipinski definition) is 0. The fourth-order valence-electron chi connectivity index (χ4n) is 1.58. The summed E-state index contributed by atoms with van der Waals surface area (Å²) in [5, 5.41) is 0. The van der Waals surface area contributed by atoms with Gasteiger partial charge in [-0.15, -0.1) is 0 Å². The number of benzene rings is 2. The van der Waals surface area contributed by atoms with Crippen molar-refractivity contribution in [1.29, 1.82) is 0 Å². The van der Waals surface area contributed by atoms with E-state index in [2.05, 4.69) is 48.5 Å². The summed E-state index contributed by atoms with van der Waals surface area (Å²) in [6, 6.07) is 20.9. The summed E-state index contributed by atoms with van der Waals surface area (Å²) in [5.41, 5.74) is 2.91. The molecule has 0 amide bonds. The van der Waals surface area contributed by atoms with Gasteiger partial charge in [-0.05, 0) is 18.5 Å². The highest BCUT2D eigenvalue weighted by Crippen LogP contribution is 2.33. The van der Waals surface area contributed by atoms with Crippen LogP contribution in [0.1, 0.15) is 16.8 Å². The van der Waals surface area contributed by atoms with Gasteiger partial charge in [-0.25, -0.2) is 0 Å². The molecule has 0 bridgehead atoms. The van der Waals surface area contributed by atoms with Gasteiger partial charge in [0.15, 0.2) is 0 Å². The van der Waals surface area contributed by atoms with Crippen molar-refractivity contribution in [2.75, 3.05) is 0 Å². The third-order valence-corrected chi connectivity index (χ3v) is 3.78. The minimum absolute atomic E-state index is 0.322. The van der Waals surface area contributed by atoms with E-state index >= 15 is 0 Å². The van der Waals surface area contributed by atoms with E-state index in [0.717, 1.165) is 7.36 Å². The van der Waals surface area contributed by atoms with Gasteiger partial charge in [0.25, 0.3) is 0 Å². The molecule has 0 aliphatic heterocycles. The van der Waals surface area contributed by atoms with Crippen LogP contribution in [0.2, 0.25) is 0 Å². The molecule has 0 spiro atoms. The van der Waals surface area contributed by atoms with Crippen LogP contribution in [0.25, 0.3) is 0 Å². The monoisotopic (exact) mass is 230 g/mol. The highest BCUT2D eigenvalue weighted by Gasteiger charge is 2.10. The van der Waals surface area contributed by atoms with E-state index in [-0.39, 0.29) is 0 Å². The Balaban J connectivity index is 2.38. The van der Waals surface area contributed by atoms with Gasteiger partial charge in [-0.2, -0.15) is 0 Å². The van der Waals surface area contributed by atoms with Crippen LogP contribution in [-0.2, 0) is 11.8 Å². The SMILES string of the molecule is S=PC(c1ccccc1)c1ccccc1. The van der Waals surface area contributed by atoms with Crippen LogP contribution in [-0.4, -0.2) is 0 Å². The predicted molar refractivity (Wildman–Crippen MR) is 69.0 cm³/mol. The molecule has 74 valence electrons. The zero-order valence-corrected chi connectivity index (χ0v) is 9.92. The third kappa shape index (κ3) is 2.50. The lowest BCUT2D eigenvalue weighted by molar-refractivity contribution is 1.16. The maximum absolute atomic E-state index is 5.21. The summed E-state index contributed by atoms with van der Waals surface area (Å²) in [4.78, 5) is 0. The van der Waals surface area contributed by atoms with E-state index in [1.165, 1.54) is 11.1 Å². The Morgan fingerprint density at radius 2 is 1.13 bits per heavy atom. The van der Waals surface area contributed by atoms with Crippen molar-refractivity contribution in [3.63, 3.8) is 0 Å². The average Bonchev–Trinajstić information content (AvgIpc) is 2.33. The lowest BCUT2D eigenvalue weighted by Gasteiger charge is -2.11. The molecule has 0 radical (unpaired) electrons. The van der Waals surface area contributed by atoms with Crippen molar-refractivity contribution in [2.24, 2.45) is 0 Å². The minimum Gasteiger partial charge on any atom is -0.0622 e. The number of hydrogen-bond acceptors (Lipinski definition) is 1. The molecule has 0 aromatic heterocycles. The summed E-state index contributed by atoms with van der Waals surface area (Å²) in [6.45, 7) is 0. The van der Waals surface area contributed by atoms with Crippen LogP contribution < -0.4 is 0 Å². The molecule has 2 heteroatoms. The van der Waals surface area contributed by atoms with Gasteiger partial charge >= 0.3 is 0 Å². The molecule has 0 nitrogen and oxygen atoms in total. The molecule has 2 rings (SSSR count). The molecule has 0 aliphatic carbocycles. The van der Waals surface area contributed by atoms with Crippen LogP contribution in [0, 0.1) is 0 Å². The van der Waals surface area contributed by atoms with Crippen molar-refractivity contribution in [1.82, 2.24) is 0 Å². The predicted octanol–water partition coefficient (Wildman–Crippen LogP) is 4.18. The van der Waals surface area contributed by atoms with E-state index in [1.54, 1.807) is 0 Å². The second kappa shape index (κ2) is 5.16. The fourth-order valence-corrected chi connectivity index (χ4v) is 2.90. The van der Waals surface area contributed by atoms with Gasteiger partial charge in [0.2, 0.25) is 0 Å². The first-order valence-electron chi connectivity index (χ1n) is 4.84. The minimum atomic E-state index is 0.322. The van der Waals surface area contributed by atoms with E-state index in [0.29, 0.717) is 5.66 Å². The smallest absolute Gasteiger partial charge is 0.0612 e. The second-order valence-corrected chi connectivity index (χ2v) is 4.69. The molecule has 0 atom stereocenters. The Morgan fingerprint density at radius 1 is 0.733 bits per heavy atom. The number of rotatable bonds is 3. The first kappa shape index (κ1) is 10.5. The van der Waals surface area contributed by atoms with Gasteiger partial charge < -0.3 is 0 Å². The van der Waals surface area contributed by atoms with Crippen molar-refractivity contribution in [3.05, 3.63) is 71.8 Å². The zero-order chi connectivity index (χ0) is 10.5. The first-order chi connectivity index (χ1) is 7.42. The molecule has 0 fully saturated rings. The Bertz CT molecular complexity index is 385. The summed E-state index contributed by atoms with van der Waals surface area (Å²) in [5.74, 6) is 0. The lowest BCUT2D eigenvalue weighted by atomic mass is 10.0. The average molecular weight is 230 g/mol. The summed E-state index contributed by atoms with van der Waals surface area (Å²) < 4.78 is 0. The fraction of sp³-hybridized carbons (Fsp3) is 0.0769. The van der Waals surface area contributed by atoms with Gasteiger partial charge in [0.05, 0.1) is 5.66 Å². The highest BCUT2D eigenvalue weighted by atomic mass is 32.4. The van der Waals surface area contributed by atoms with Crippen LogP contribution in [0.4, 0.5) is 0 Å². The van der Waals surface area contributed by atoms with Crippen molar-refractivity contribution in [3.8, 4) is 0 Å². The lowest BCUT2D eigenvalue weighted by Crippen LogP contribution is -1.91. The normalized spacial score (nSPS) is 10.7. The first-order valence-corrected chi connectivity index (χ1v) is 6.82. The molecular formula is C13H11PS. The molecular weight excluding hydrogens is 219 g/mol. The van der Waals surface area contributed by atoms with Crippen molar-refractivity contribution in [2.45, 2.75) is 5.66 Å². The van der Waals surface area contributed by atoms with Crippen LogP contribution in [0.15, 0.2) is 60.7 Å². The van der Waals surface area contributed by atoms with Crippen molar-refractivity contribution < 1.29 is 0 Å². The van der Waals surface area contributed by atoms with Crippen molar-refractivity contribution >= 4 is 19.2 Å². The topological polar surface area (TPSA) is 0 Å². The van der Waals surface area contributed by atoms with E-state index < -0.39 is 0 Å². The molecule has 0 heterocycles. The molecule has 0 saturated carbocycles. The second-order valence-electron chi connectivity index (χ2n) is 3.33. The quantitative estimate of drug-likeness (QED) is 0.713. The Morgan fingerprint density at radius 3 is 1.47 bits per heavy atom. The molecule has 0 aliphatic rings. The van der Waals surface area contributed by atoms with Gasteiger partial charge in [0, 0.05) is 0 Å². The Hall–Kier alpha value is -1.04. The van der Waals surface area contributed by atoms with E-state index in [1.807, 2.05) is 12.1 Å². The van der Waals surface area contributed by atoms with Gasteiger partial charge in [-0.1, -0.05) is 72.5 Å². The Labute approximate surface area is 96.8 Å². The summed E-state index contributed by atoms with van der Waals surface area (Å²) in [6.07, 6.45) is 0. The molecule has 0 unspecified atom stereocenters. The van der Waals surface area contributed by atoms with Crippen LogP contribution in [0.5, 0.6) is 0 Å². The maximum atomic E-state index is 5.21. The Kier molecular flexibility index (Phi) is 3.60. The standard InChI is InChI=1S/C13H11PS/c15-14-13(11-7-3-1-4-8-11)12-9-5-2-6-10-12/h1-10,13H. The summed E-state index contributed by atoms with van der Waals surface area (Å²) in [7, 11) is 0.973. The zero-order valence-electron chi connectivity index (χ0n) is 8.21. The molecule has 2 aromatic carbocycles. The van der Waals surface area contributed by atoms with Gasteiger partial charge in [0.1, 0.15) is 0 Å². The van der Waals surface area contributed by atoms with E-state index in [9.17, 15) is 0 Å². The summed E-state index contributed by atoms with van der Waals surface area (Å²) >= 11 is 5.21. The van der Waals surface area contributed by atoms with Crippen LogP contribution in [0.3, 0.4) is 0 Å². The molecule has 2 aromatic rings. The molecule has 0 saturated heterocycles. The van der Waals surface area contributed by atoms with E-state index in [4.69, 9.17) is 11.8 Å². The van der Waals surface area contributed by atoms with Gasteiger partial charge in [-0.3, -0.25) is 0 Å².